The van der Waals surface area contributed by atoms with Crippen molar-refractivity contribution in [2.75, 3.05) is 0 Å². The Kier molecular flexibility index (Phi) is 3.96. The van der Waals surface area contributed by atoms with Crippen LogP contribution in [0.3, 0.4) is 0 Å². The van der Waals surface area contributed by atoms with E-state index in [0.29, 0.717) is 5.92 Å². The number of hydrogen-bond acceptors (Lipinski definition) is 5. The first-order valence-corrected chi connectivity index (χ1v) is 9.22. The lowest BCUT2D eigenvalue weighted by molar-refractivity contribution is 0.273. The highest BCUT2D eigenvalue weighted by Crippen LogP contribution is 2.36. The zero-order valence-electron chi connectivity index (χ0n) is 12.8. The largest absolute Gasteiger partial charge is 0.390 e. The van der Waals surface area contributed by atoms with Crippen molar-refractivity contribution in [1.82, 2.24) is 20.0 Å². The van der Waals surface area contributed by atoms with Gasteiger partial charge in [-0.15, -0.1) is 5.10 Å². The third-order valence-corrected chi connectivity index (χ3v) is 6.07. The molecule has 4 rings (SSSR count). The molecule has 2 heterocycles. The molecule has 0 amide bonds. The summed E-state index contributed by atoms with van der Waals surface area (Å²) in [5, 5.41) is 19.1. The molecule has 0 unspecified atom stereocenters. The fourth-order valence-corrected chi connectivity index (χ4v) is 4.90. The second-order valence-corrected chi connectivity index (χ2v) is 7.46. The molecule has 5 nitrogen and oxygen atoms in total. The molecule has 22 heavy (non-hydrogen) atoms. The second kappa shape index (κ2) is 6.08. The summed E-state index contributed by atoms with van der Waals surface area (Å²) in [5.74, 6) is 0.465. The molecule has 1 N–H and O–H groups in total. The number of rotatable bonds is 3. The van der Waals surface area contributed by atoms with Crippen LogP contribution in [0.25, 0.3) is 5.13 Å². The molecule has 2 aromatic heterocycles. The van der Waals surface area contributed by atoms with Crippen molar-refractivity contribution in [3.8, 4) is 5.13 Å². The number of aromatic nitrogens is 4. The van der Waals surface area contributed by atoms with Crippen molar-refractivity contribution in [2.24, 2.45) is 0 Å². The maximum absolute atomic E-state index is 9.64. The lowest BCUT2D eigenvalue weighted by Gasteiger charge is -2.22. The molecule has 0 spiro atoms. The molecular formula is C16H22N4OS. The van der Waals surface area contributed by atoms with E-state index in [2.05, 4.69) is 10.3 Å². The van der Waals surface area contributed by atoms with Gasteiger partial charge in [-0.2, -0.15) is 4.68 Å². The SMILES string of the molecule is OCc1nnn(-c2nc3c(s2)CCCC3)c1C1CCCCC1. The van der Waals surface area contributed by atoms with Crippen LogP contribution < -0.4 is 0 Å². The van der Waals surface area contributed by atoms with Gasteiger partial charge in [0.1, 0.15) is 5.69 Å². The van der Waals surface area contributed by atoms with E-state index in [4.69, 9.17) is 4.98 Å². The topological polar surface area (TPSA) is 63.8 Å². The quantitative estimate of drug-likeness (QED) is 0.944. The maximum Gasteiger partial charge on any atom is 0.212 e. The molecule has 0 radical (unpaired) electrons. The fourth-order valence-electron chi connectivity index (χ4n) is 3.79. The highest BCUT2D eigenvalue weighted by molar-refractivity contribution is 7.14. The van der Waals surface area contributed by atoms with Gasteiger partial charge in [0.05, 0.1) is 18.0 Å². The van der Waals surface area contributed by atoms with Gasteiger partial charge in [-0.05, 0) is 38.5 Å². The minimum absolute atomic E-state index is 0.0308. The van der Waals surface area contributed by atoms with Crippen LogP contribution >= 0.6 is 11.3 Å². The first kappa shape index (κ1) is 14.3. The number of aliphatic hydroxyl groups excluding tert-OH is 1. The van der Waals surface area contributed by atoms with Crippen molar-refractivity contribution in [2.45, 2.75) is 70.3 Å². The van der Waals surface area contributed by atoms with Gasteiger partial charge in [-0.3, -0.25) is 0 Å². The van der Waals surface area contributed by atoms with Crippen LogP contribution in [0.2, 0.25) is 0 Å². The molecule has 0 aliphatic heterocycles. The molecular weight excluding hydrogens is 296 g/mol. The van der Waals surface area contributed by atoms with Crippen LogP contribution in [0, 0.1) is 0 Å². The average Bonchev–Trinajstić information content (AvgIpc) is 3.18. The minimum atomic E-state index is -0.0308. The van der Waals surface area contributed by atoms with Crippen LogP contribution in [-0.2, 0) is 19.4 Å². The molecule has 1 fully saturated rings. The van der Waals surface area contributed by atoms with Gasteiger partial charge < -0.3 is 5.11 Å². The van der Waals surface area contributed by atoms with Gasteiger partial charge in [-0.1, -0.05) is 35.8 Å². The van der Waals surface area contributed by atoms with Gasteiger partial charge in [-0.25, -0.2) is 4.98 Å². The minimum Gasteiger partial charge on any atom is -0.390 e. The number of fused-ring (bicyclic) bond motifs is 1. The summed E-state index contributed by atoms with van der Waals surface area (Å²) >= 11 is 1.76. The Morgan fingerprint density at radius 1 is 1.09 bits per heavy atom. The number of aryl methyl sites for hydroxylation is 2. The van der Waals surface area contributed by atoms with Gasteiger partial charge in [0.25, 0.3) is 0 Å². The predicted molar refractivity (Wildman–Crippen MR) is 85.4 cm³/mol. The van der Waals surface area contributed by atoms with E-state index < -0.39 is 0 Å². The molecule has 2 aliphatic rings. The Balaban J connectivity index is 1.74. The van der Waals surface area contributed by atoms with E-state index in [1.54, 1.807) is 11.3 Å². The summed E-state index contributed by atoms with van der Waals surface area (Å²) in [6.07, 6.45) is 10.9. The summed E-state index contributed by atoms with van der Waals surface area (Å²) in [6.45, 7) is -0.0308. The first-order chi connectivity index (χ1) is 10.9. The summed E-state index contributed by atoms with van der Waals surface area (Å²) in [7, 11) is 0. The number of nitrogens with zero attached hydrogens (tertiary/aromatic N) is 4. The highest BCUT2D eigenvalue weighted by Gasteiger charge is 2.27. The molecule has 2 aliphatic carbocycles. The maximum atomic E-state index is 9.64. The number of hydrogen-bond donors (Lipinski definition) is 1. The highest BCUT2D eigenvalue weighted by atomic mass is 32.1. The summed E-state index contributed by atoms with van der Waals surface area (Å²) in [5.41, 5.74) is 3.09. The van der Waals surface area contributed by atoms with Gasteiger partial charge in [0.2, 0.25) is 5.13 Å². The average molecular weight is 318 g/mol. The summed E-state index contributed by atoms with van der Waals surface area (Å²) in [6, 6.07) is 0. The Hall–Kier alpha value is -1.27. The fraction of sp³-hybridized carbons (Fsp3) is 0.688. The van der Waals surface area contributed by atoms with E-state index >= 15 is 0 Å². The lowest BCUT2D eigenvalue weighted by atomic mass is 9.86. The van der Waals surface area contributed by atoms with E-state index in [-0.39, 0.29) is 6.61 Å². The van der Waals surface area contributed by atoms with E-state index in [0.717, 1.165) is 29.4 Å². The van der Waals surface area contributed by atoms with Gasteiger partial charge in [0.15, 0.2) is 0 Å². The smallest absolute Gasteiger partial charge is 0.212 e. The number of thiazole rings is 1. The second-order valence-electron chi connectivity index (χ2n) is 6.40. The first-order valence-electron chi connectivity index (χ1n) is 8.41. The normalized spacial score (nSPS) is 19.3. The molecule has 0 aromatic carbocycles. The van der Waals surface area contributed by atoms with Crippen LogP contribution in [-0.4, -0.2) is 25.1 Å². The standard InChI is InChI=1S/C16H22N4OS/c21-10-13-15(11-6-2-1-3-7-11)20(19-18-13)16-17-12-8-4-5-9-14(12)22-16/h11,21H,1-10H2. The van der Waals surface area contributed by atoms with Crippen LogP contribution in [0.15, 0.2) is 0 Å². The van der Waals surface area contributed by atoms with Crippen molar-refractivity contribution in [3.05, 3.63) is 22.0 Å². The van der Waals surface area contributed by atoms with Crippen molar-refractivity contribution < 1.29 is 5.11 Å². The van der Waals surface area contributed by atoms with E-state index in [9.17, 15) is 5.11 Å². The van der Waals surface area contributed by atoms with Crippen LogP contribution in [0.5, 0.6) is 0 Å². The third kappa shape index (κ3) is 2.48. The molecule has 2 aromatic rings. The third-order valence-electron chi connectivity index (χ3n) is 4.94. The molecule has 0 bridgehead atoms. The Morgan fingerprint density at radius 3 is 2.68 bits per heavy atom. The van der Waals surface area contributed by atoms with Crippen LogP contribution in [0.1, 0.15) is 72.8 Å². The summed E-state index contributed by atoms with van der Waals surface area (Å²) in [4.78, 5) is 6.24. The van der Waals surface area contributed by atoms with Gasteiger partial charge in [0, 0.05) is 10.8 Å². The Morgan fingerprint density at radius 2 is 1.91 bits per heavy atom. The predicted octanol–water partition coefficient (Wildman–Crippen LogP) is 3.14. The monoisotopic (exact) mass is 318 g/mol. The molecule has 0 atom stereocenters. The molecule has 6 heteroatoms. The zero-order valence-corrected chi connectivity index (χ0v) is 13.6. The van der Waals surface area contributed by atoms with Crippen molar-refractivity contribution >= 4 is 11.3 Å². The van der Waals surface area contributed by atoms with Crippen molar-refractivity contribution in [1.29, 1.82) is 0 Å². The van der Waals surface area contributed by atoms with E-state index in [1.165, 1.54) is 55.5 Å². The number of aliphatic hydroxyl groups is 1. The van der Waals surface area contributed by atoms with Crippen molar-refractivity contribution in [3.63, 3.8) is 0 Å². The molecule has 0 saturated heterocycles. The lowest BCUT2D eigenvalue weighted by Crippen LogP contribution is -2.13. The van der Waals surface area contributed by atoms with E-state index in [1.807, 2.05) is 4.68 Å². The summed E-state index contributed by atoms with van der Waals surface area (Å²) < 4.78 is 1.92. The molecule has 1 saturated carbocycles. The zero-order chi connectivity index (χ0) is 14.9. The van der Waals surface area contributed by atoms with Gasteiger partial charge >= 0.3 is 0 Å². The Bertz CT molecular complexity index is 634. The Labute approximate surface area is 134 Å². The molecule has 118 valence electrons. The van der Waals surface area contributed by atoms with Crippen LogP contribution in [0.4, 0.5) is 0 Å².